The van der Waals surface area contributed by atoms with Gasteiger partial charge in [0.15, 0.2) is 0 Å². The molecular formula is C14H15ClN2O2. The van der Waals surface area contributed by atoms with Crippen LogP contribution in [0.4, 0.5) is 5.69 Å². The Hall–Kier alpha value is -1.73. The molecule has 1 aliphatic rings. The summed E-state index contributed by atoms with van der Waals surface area (Å²) in [6, 6.07) is 7.40. The minimum Gasteiger partial charge on any atom is -0.469 e. The summed E-state index contributed by atoms with van der Waals surface area (Å²) in [6.45, 7) is 1.42. The molecule has 1 aromatic rings. The molecule has 0 N–H and O–H groups in total. The van der Waals surface area contributed by atoms with Gasteiger partial charge in [0, 0.05) is 18.1 Å². The second-order valence-corrected chi connectivity index (χ2v) is 5.02. The quantitative estimate of drug-likeness (QED) is 0.780. The smallest absolute Gasteiger partial charge is 0.310 e. The van der Waals surface area contributed by atoms with Gasteiger partial charge in [-0.1, -0.05) is 11.6 Å². The Morgan fingerprint density at radius 3 is 3.05 bits per heavy atom. The van der Waals surface area contributed by atoms with Gasteiger partial charge < -0.3 is 9.64 Å². The maximum absolute atomic E-state index is 11.6. The number of halogens is 1. The number of benzene rings is 1. The van der Waals surface area contributed by atoms with E-state index in [9.17, 15) is 4.79 Å². The zero-order valence-corrected chi connectivity index (χ0v) is 11.5. The Bertz CT molecular complexity index is 525. The van der Waals surface area contributed by atoms with Crippen LogP contribution < -0.4 is 4.90 Å². The van der Waals surface area contributed by atoms with E-state index in [0.29, 0.717) is 17.1 Å². The van der Waals surface area contributed by atoms with Crippen LogP contribution in [-0.2, 0) is 9.53 Å². The van der Waals surface area contributed by atoms with Crippen molar-refractivity contribution in [3.63, 3.8) is 0 Å². The van der Waals surface area contributed by atoms with Crippen molar-refractivity contribution in [3.8, 4) is 6.07 Å². The molecule has 0 aliphatic carbocycles. The number of hydrogen-bond acceptors (Lipinski definition) is 4. The molecule has 0 spiro atoms. The number of hydrogen-bond donors (Lipinski definition) is 0. The third-order valence-corrected chi connectivity index (χ3v) is 3.61. The van der Waals surface area contributed by atoms with E-state index in [1.807, 2.05) is 6.07 Å². The highest BCUT2D eigenvalue weighted by Gasteiger charge is 2.27. The number of anilines is 1. The van der Waals surface area contributed by atoms with E-state index in [2.05, 4.69) is 11.0 Å². The molecule has 5 heteroatoms. The largest absolute Gasteiger partial charge is 0.469 e. The molecule has 1 heterocycles. The van der Waals surface area contributed by atoms with Gasteiger partial charge in [0.1, 0.15) is 6.07 Å². The van der Waals surface area contributed by atoms with Gasteiger partial charge in [-0.2, -0.15) is 5.26 Å². The fourth-order valence-corrected chi connectivity index (χ4v) is 2.60. The summed E-state index contributed by atoms with van der Waals surface area (Å²) < 4.78 is 4.80. The summed E-state index contributed by atoms with van der Waals surface area (Å²) in [5.41, 5.74) is 1.37. The van der Waals surface area contributed by atoms with Crippen molar-refractivity contribution in [1.82, 2.24) is 0 Å². The Morgan fingerprint density at radius 2 is 2.37 bits per heavy atom. The first-order chi connectivity index (χ1) is 9.15. The number of methoxy groups -OCH3 is 1. The van der Waals surface area contributed by atoms with Crippen LogP contribution in [0, 0.1) is 17.2 Å². The second-order valence-electron chi connectivity index (χ2n) is 4.58. The Kier molecular flexibility index (Phi) is 4.28. The first-order valence-electron chi connectivity index (χ1n) is 6.18. The van der Waals surface area contributed by atoms with Gasteiger partial charge in [-0.3, -0.25) is 4.79 Å². The number of carbonyl (C=O) groups excluding carboxylic acids is 1. The van der Waals surface area contributed by atoms with E-state index >= 15 is 0 Å². The van der Waals surface area contributed by atoms with Crippen LogP contribution in [0.15, 0.2) is 18.2 Å². The Labute approximate surface area is 117 Å². The maximum Gasteiger partial charge on any atom is 0.310 e. The van der Waals surface area contributed by atoms with Crippen LogP contribution in [0.1, 0.15) is 18.4 Å². The van der Waals surface area contributed by atoms with E-state index in [1.165, 1.54) is 7.11 Å². The van der Waals surface area contributed by atoms with Crippen LogP contribution in [0.5, 0.6) is 0 Å². The summed E-state index contributed by atoms with van der Waals surface area (Å²) in [5.74, 6) is -0.307. The molecule has 1 unspecified atom stereocenters. The molecule has 1 aliphatic heterocycles. The monoisotopic (exact) mass is 278 g/mol. The van der Waals surface area contributed by atoms with Crippen molar-refractivity contribution < 1.29 is 9.53 Å². The maximum atomic E-state index is 11.6. The first-order valence-corrected chi connectivity index (χ1v) is 6.56. The minimum absolute atomic E-state index is 0.124. The van der Waals surface area contributed by atoms with E-state index in [-0.39, 0.29) is 11.9 Å². The van der Waals surface area contributed by atoms with Gasteiger partial charge in [0.25, 0.3) is 0 Å². The normalized spacial score (nSPS) is 18.8. The zero-order valence-electron chi connectivity index (χ0n) is 10.7. The third kappa shape index (κ3) is 2.99. The standard InChI is InChI=1S/C14H15ClN2O2/c1-19-14(18)10-3-2-6-17(9-10)13-5-4-12(15)7-11(13)8-16/h4-5,7,10H,2-3,6,9H2,1H3. The lowest BCUT2D eigenvalue weighted by atomic mass is 9.97. The van der Waals surface area contributed by atoms with Crippen molar-refractivity contribution >= 4 is 23.3 Å². The highest BCUT2D eigenvalue weighted by molar-refractivity contribution is 6.30. The summed E-state index contributed by atoms with van der Waals surface area (Å²) in [6.07, 6.45) is 1.74. The van der Waals surface area contributed by atoms with E-state index in [4.69, 9.17) is 21.6 Å². The lowest BCUT2D eigenvalue weighted by Gasteiger charge is -2.33. The number of nitriles is 1. The fraction of sp³-hybridized carbons (Fsp3) is 0.429. The molecule has 1 atom stereocenters. The average molecular weight is 279 g/mol. The Morgan fingerprint density at radius 1 is 1.58 bits per heavy atom. The topological polar surface area (TPSA) is 53.3 Å². The molecule has 0 radical (unpaired) electrons. The second kappa shape index (κ2) is 5.94. The number of esters is 1. The van der Waals surface area contributed by atoms with E-state index in [0.717, 1.165) is 25.1 Å². The molecule has 19 heavy (non-hydrogen) atoms. The van der Waals surface area contributed by atoms with Crippen LogP contribution >= 0.6 is 11.6 Å². The van der Waals surface area contributed by atoms with Gasteiger partial charge in [-0.25, -0.2) is 0 Å². The third-order valence-electron chi connectivity index (χ3n) is 3.38. The van der Waals surface area contributed by atoms with Gasteiger partial charge >= 0.3 is 5.97 Å². The average Bonchev–Trinajstić information content (AvgIpc) is 2.46. The van der Waals surface area contributed by atoms with Gasteiger partial charge in [-0.05, 0) is 31.0 Å². The first kappa shape index (κ1) is 13.7. The van der Waals surface area contributed by atoms with Crippen LogP contribution in [0.25, 0.3) is 0 Å². The molecule has 0 bridgehead atoms. The van der Waals surface area contributed by atoms with Crippen molar-refractivity contribution in [2.45, 2.75) is 12.8 Å². The van der Waals surface area contributed by atoms with E-state index < -0.39 is 0 Å². The molecule has 0 saturated carbocycles. The van der Waals surface area contributed by atoms with Gasteiger partial charge in [-0.15, -0.1) is 0 Å². The molecular weight excluding hydrogens is 264 g/mol. The van der Waals surface area contributed by atoms with Gasteiger partial charge in [0.05, 0.1) is 24.3 Å². The Balaban J connectivity index is 2.22. The number of rotatable bonds is 2. The zero-order chi connectivity index (χ0) is 13.8. The molecule has 1 saturated heterocycles. The summed E-state index contributed by atoms with van der Waals surface area (Å²) in [4.78, 5) is 13.7. The predicted octanol–water partition coefficient (Wildman–Crippen LogP) is 2.60. The van der Waals surface area contributed by atoms with Crippen LogP contribution in [-0.4, -0.2) is 26.2 Å². The number of nitrogens with zero attached hydrogens (tertiary/aromatic N) is 2. The van der Waals surface area contributed by atoms with Crippen LogP contribution in [0.3, 0.4) is 0 Å². The minimum atomic E-state index is -0.183. The summed E-state index contributed by atoms with van der Waals surface area (Å²) in [5, 5.41) is 9.71. The molecule has 1 fully saturated rings. The molecule has 100 valence electrons. The van der Waals surface area contributed by atoms with Crippen molar-refractivity contribution in [2.24, 2.45) is 5.92 Å². The number of carbonyl (C=O) groups is 1. The lowest BCUT2D eigenvalue weighted by molar-refractivity contribution is -0.145. The lowest BCUT2D eigenvalue weighted by Crippen LogP contribution is -2.39. The van der Waals surface area contributed by atoms with Crippen molar-refractivity contribution in [2.75, 3.05) is 25.1 Å². The van der Waals surface area contributed by atoms with E-state index in [1.54, 1.807) is 12.1 Å². The number of piperidine rings is 1. The highest BCUT2D eigenvalue weighted by Crippen LogP contribution is 2.28. The molecule has 4 nitrogen and oxygen atoms in total. The van der Waals surface area contributed by atoms with Crippen molar-refractivity contribution in [3.05, 3.63) is 28.8 Å². The molecule has 0 aromatic heterocycles. The fourth-order valence-electron chi connectivity index (χ4n) is 2.43. The van der Waals surface area contributed by atoms with Crippen LogP contribution in [0.2, 0.25) is 5.02 Å². The van der Waals surface area contributed by atoms with Gasteiger partial charge in [0.2, 0.25) is 0 Å². The highest BCUT2D eigenvalue weighted by atomic mass is 35.5. The SMILES string of the molecule is COC(=O)C1CCCN(c2ccc(Cl)cc2C#N)C1. The van der Waals surface area contributed by atoms with Crippen molar-refractivity contribution in [1.29, 1.82) is 5.26 Å². The predicted molar refractivity (Wildman–Crippen MR) is 73.1 cm³/mol. The molecule has 0 amide bonds. The summed E-state index contributed by atoms with van der Waals surface area (Å²) >= 11 is 5.89. The summed E-state index contributed by atoms with van der Waals surface area (Å²) in [7, 11) is 1.41. The number of ether oxygens (including phenoxy) is 1. The molecule has 2 rings (SSSR count). The molecule has 1 aromatic carbocycles.